The Morgan fingerprint density at radius 1 is 1.14 bits per heavy atom. The third kappa shape index (κ3) is 4.62. The Labute approximate surface area is 169 Å². The third-order valence-corrected chi connectivity index (χ3v) is 4.08. The molecule has 0 amide bonds. The molecule has 150 valence electrons. The van der Waals surface area contributed by atoms with Gasteiger partial charge >= 0.3 is 6.18 Å². The zero-order valence-electron chi connectivity index (χ0n) is 15.4. The number of Topliss-reactive ketones (excluding diaryl/α,β-unsaturated/α-hetero) is 1. The van der Waals surface area contributed by atoms with Gasteiger partial charge in [0.15, 0.2) is 11.6 Å². The zero-order chi connectivity index (χ0) is 21.2. The van der Waals surface area contributed by atoms with Crippen LogP contribution in [-0.2, 0) is 6.18 Å². The second kappa shape index (κ2) is 8.04. The highest BCUT2D eigenvalue weighted by atomic mass is 35.5. The van der Waals surface area contributed by atoms with E-state index in [1.54, 1.807) is 43.3 Å². The van der Waals surface area contributed by atoms with Gasteiger partial charge in [0.25, 0.3) is 0 Å². The number of rotatable bonds is 5. The first-order chi connectivity index (χ1) is 13.7. The predicted octanol–water partition coefficient (Wildman–Crippen LogP) is 4.12. The van der Waals surface area contributed by atoms with E-state index in [9.17, 15) is 18.0 Å². The number of aromatic nitrogens is 4. The summed E-state index contributed by atoms with van der Waals surface area (Å²) in [6.07, 6.45) is -3.11. The maximum atomic E-state index is 13.1. The van der Waals surface area contributed by atoms with Crippen molar-refractivity contribution in [2.24, 2.45) is 0 Å². The van der Waals surface area contributed by atoms with E-state index in [2.05, 4.69) is 15.5 Å². The number of nitrogens with zero attached hydrogens (tertiary/aromatic N) is 5. The molecular formula is C19H15ClF3N5O. The molecule has 0 radical (unpaired) electrons. The number of carbonyl (C=O) groups excluding carboxylic acids is 1. The normalized spacial score (nSPS) is 12.1. The number of halogens is 4. The molecule has 0 aliphatic rings. The van der Waals surface area contributed by atoms with E-state index in [0.717, 1.165) is 12.1 Å². The molecule has 0 bridgehead atoms. The molecule has 0 saturated heterocycles. The molecule has 0 atom stereocenters. The van der Waals surface area contributed by atoms with Gasteiger partial charge in [0.1, 0.15) is 0 Å². The first kappa shape index (κ1) is 20.5. The first-order valence-corrected chi connectivity index (χ1v) is 8.69. The Morgan fingerprint density at radius 2 is 1.86 bits per heavy atom. The van der Waals surface area contributed by atoms with Gasteiger partial charge in [-0.3, -0.25) is 4.79 Å². The van der Waals surface area contributed by atoms with E-state index in [-0.39, 0.29) is 17.0 Å². The van der Waals surface area contributed by atoms with Crippen LogP contribution in [0, 0.1) is 0 Å². The average Bonchev–Trinajstić information content (AvgIpc) is 3.14. The molecule has 0 aliphatic heterocycles. The van der Waals surface area contributed by atoms with Gasteiger partial charge in [-0.05, 0) is 40.8 Å². The topological polar surface area (TPSA) is 63.9 Å². The molecule has 3 aromatic rings. The number of allylic oxidation sites excluding steroid dienone is 1. The van der Waals surface area contributed by atoms with Gasteiger partial charge in [-0.25, -0.2) is 0 Å². The molecule has 0 fully saturated rings. The third-order valence-electron chi connectivity index (χ3n) is 3.85. The number of hydrogen-bond donors (Lipinski definition) is 0. The molecule has 1 aromatic heterocycles. The number of alkyl halides is 3. The van der Waals surface area contributed by atoms with Gasteiger partial charge in [-0.15, -0.1) is 5.10 Å². The molecule has 6 nitrogen and oxygen atoms in total. The van der Waals surface area contributed by atoms with Crippen LogP contribution in [0.25, 0.3) is 11.3 Å². The largest absolute Gasteiger partial charge is 0.416 e. The van der Waals surface area contributed by atoms with Gasteiger partial charge < -0.3 is 4.90 Å². The number of carbonyl (C=O) groups is 1. The average molecular weight is 422 g/mol. The summed E-state index contributed by atoms with van der Waals surface area (Å²) in [6.45, 7) is 0. The van der Waals surface area contributed by atoms with Crippen molar-refractivity contribution in [2.45, 2.75) is 6.18 Å². The Hall–Kier alpha value is -3.20. The van der Waals surface area contributed by atoms with Crippen LogP contribution >= 0.6 is 11.6 Å². The Balaban J connectivity index is 2.10. The molecule has 3 rings (SSSR count). The number of benzene rings is 2. The Kier molecular flexibility index (Phi) is 5.69. The van der Waals surface area contributed by atoms with Crippen LogP contribution < -0.4 is 0 Å². The monoisotopic (exact) mass is 421 g/mol. The molecular weight excluding hydrogens is 407 g/mol. The molecule has 0 unspecified atom stereocenters. The zero-order valence-corrected chi connectivity index (χ0v) is 16.1. The van der Waals surface area contributed by atoms with Crippen molar-refractivity contribution in [1.82, 2.24) is 25.1 Å². The van der Waals surface area contributed by atoms with Crippen molar-refractivity contribution in [3.63, 3.8) is 0 Å². The molecule has 10 heteroatoms. The summed E-state index contributed by atoms with van der Waals surface area (Å²) in [5.74, 6) is -0.578. The molecule has 0 N–H and O–H groups in total. The van der Waals surface area contributed by atoms with Crippen LogP contribution in [0.5, 0.6) is 0 Å². The minimum Gasteiger partial charge on any atom is -0.383 e. The van der Waals surface area contributed by atoms with Gasteiger partial charge in [-0.2, -0.15) is 17.9 Å². The number of tetrazole rings is 1. The number of ketones is 1. The fraction of sp³-hybridized carbons (Fsp3) is 0.158. The lowest BCUT2D eigenvalue weighted by molar-refractivity contribution is -0.137. The maximum absolute atomic E-state index is 13.1. The van der Waals surface area contributed by atoms with Crippen molar-refractivity contribution < 1.29 is 18.0 Å². The lowest BCUT2D eigenvalue weighted by Gasteiger charge is -2.13. The van der Waals surface area contributed by atoms with Crippen molar-refractivity contribution in [3.05, 3.63) is 76.7 Å². The number of hydrogen-bond acceptors (Lipinski definition) is 5. The minimum atomic E-state index is -4.57. The highest BCUT2D eigenvalue weighted by Gasteiger charge is 2.31. The van der Waals surface area contributed by atoms with Crippen LogP contribution in [0.3, 0.4) is 0 Å². The van der Waals surface area contributed by atoms with E-state index >= 15 is 0 Å². The second-order valence-electron chi connectivity index (χ2n) is 6.31. The standard InChI is InChI=1S/C19H15ClF3N5O/c1-27(2)11-16(17(29)12-5-3-6-13(9-12)19(21,22)23)18-24-25-26-28(18)15-8-4-7-14(20)10-15/h3-11H,1-2H3. The summed E-state index contributed by atoms with van der Waals surface area (Å²) in [5, 5.41) is 11.9. The fourth-order valence-electron chi connectivity index (χ4n) is 2.61. The van der Waals surface area contributed by atoms with E-state index in [0.29, 0.717) is 10.7 Å². The maximum Gasteiger partial charge on any atom is 0.416 e. The quantitative estimate of drug-likeness (QED) is 0.458. The Bertz CT molecular complexity index is 1080. The molecule has 2 aromatic carbocycles. The molecule has 0 saturated carbocycles. The van der Waals surface area contributed by atoms with Gasteiger partial charge in [0.05, 0.1) is 16.8 Å². The van der Waals surface area contributed by atoms with E-state index in [1.807, 2.05) is 0 Å². The summed E-state index contributed by atoms with van der Waals surface area (Å²) in [6, 6.07) is 10.9. The summed E-state index contributed by atoms with van der Waals surface area (Å²) in [5.41, 5.74) is -0.520. The minimum absolute atomic E-state index is 0.0271. The van der Waals surface area contributed by atoms with Crippen molar-refractivity contribution >= 4 is 23.0 Å². The summed E-state index contributed by atoms with van der Waals surface area (Å²) in [7, 11) is 3.35. The summed E-state index contributed by atoms with van der Waals surface area (Å²) < 4.78 is 40.5. The lowest BCUT2D eigenvalue weighted by Crippen LogP contribution is -2.14. The molecule has 0 spiro atoms. The first-order valence-electron chi connectivity index (χ1n) is 8.31. The van der Waals surface area contributed by atoms with E-state index in [4.69, 9.17) is 11.6 Å². The second-order valence-corrected chi connectivity index (χ2v) is 6.74. The highest BCUT2D eigenvalue weighted by molar-refractivity contribution is 6.30. The van der Waals surface area contributed by atoms with Gasteiger partial charge in [-0.1, -0.05) is 29.8 Å². The summed E-state index contributed by atoms with van der Waals surface area (Å²) >= 11 is 6.02. The molecule has 1 heterocycles. The van der Waals surface area contributed by atoms with Crippen LogP contribution in [0.4, 0.5) is 13.2 Å². The van der Waals surface area contributed by atoms with Crippen LogP contribution in [-0.4, -0.2) is 45.0 Å². The molecule has 0 aliphatic carbocycles. The van der Waals surface area contributed by atoms with Crippen LogP contribution in [0.15, 0.2) is 54.7 Å². The fourth-order valence-corrected chi connectivity index (χ4v) is 2.79. The summed E-state index contributed by atoms with van der Waals surface area (Å²) in [4.78, 5) is 14.7. The lowest BCUT2D eigenvalue weighted by atomic mass is 10.0. The van der Waals surface area contributed by atoms with Crippen molar-refractivity contribution in [3.8, 4) is 5.69 Å². The predicted molar refractivity (Wildman–Crippen MR) is 102 cm³/mol. The van der Waals surface area contributed by atoms with E-state index in [1.165, 1.54) is 23.0 Å². The Morgan fingerprint density at radius 3 is 2.52 bits per heavy atom. The van der Waals surface area contributed by atoms with Crippen molar-refractivity contribution in [1.29, 1.82) is 0 Å². The van der Waals surface area contributed by atoms with Crippen molar-refractivity contribution in [2.75, 3.05) is 14.1 Å². The van der Waals surface area contributed by atoms with Gasteiger partial charge in [0.2, 0.25) is 0 Å². The van der Waals surface area contributed by atoms with Crippen LogP contribution in [0.1, 0.15) is 21.7 Å². The van der Waals surface area contributed by atoms with Crippen LogP contribution in [0.2, 0.25) is 5.02 Å². The smallest absolute Gasteiger partial charge is 0.383 e. The van der Waals surface area contributed by atoms with Gasteiger partial charge in [0, 0.05) is 30.9 Å². The molecule has 29 heavy (non-hydrogen) atoms. The SMILES string of the molecule is CN(C)C=C(C(=O)c1cccc(C(F)(F)F)c1)c1nnnn1-c1cccc(Cl)c1. The van der Waals surface area contributed by atoms with E-state index < -0.39 is 17.5 Å². The highest BCUT2D eigenvalue weighted by Crippen LogP contribution is 2.31.